The van der Waals surface area contributed by atoms with Gasteiger partial charge in [-0.15, -0.1) is 0 Å². The summed E-state index contributed by atoms with van der Waals surface area (Å²) in [6.07, 6.45) is 0. The van der Waals surface area contributed by atoms with Gasteiger partial charge in [0.05, 0.1) is 5.02 Å². The molecule has 0 bridgehead atoms. The summed E-state index contributed by atoms with van der Waals surface area (Å²) in [4.78, 5) is 0. The standard InChI is InChI=1S/C6H4Cl2N2O4S/c7-4-1-2-5(8)6(3-4)9-10-15(12)14-13-11/h1-3,15H. The zero-order chi connectivity index (χ0) is 11.3. The third-order valence-electron chi connectivity index (χ3n) is 1.23. The number of thiol groups is 1. The predicted molar refractivity (Wildman–Crippen MR) is 52.4 cm³/mol. The van der Waals surface area contributed by atoms with Crippen LogP contribution in [0.1, 0.15) is 0 Å². The van der Waals surface area contributed by atoms with Gasteiger partial charge in [0, 0.05) is 5.02 Å². The maximum absolute atomic E-state index is 10.7. The number of rotatable bonds is 3. The Labute approximate surface area is 96.3 Å². The number of halogens is 2. The van der Waals surface area contributed by atoms with Crippen LogP contribution in [0, 0.1) is 0 Å². The molecule has 0 aliphatic carbocycles. The molecule has 15 heavy (non-hydrogen) atoms. The topological polar surface area (TPSA) is 85.1 Å². The summed E-state index contributed by atoms with van der Waals surface area (Å²) in [7, 11) is -2.65. The molecule has 0 radical (unpaired) electrons. The van der Waals surface area contributed by atoms with Crippen molar-refractivity contribution < 1.29 is 18.8 Å². The molecule has 9 heteroatoms. The molecule has 0 N–H and O–H groups in total. The molecule has 0 aliphatic heterocycles. The first-order valence-electron chi connectivity index (χ1n) is 3.44. The Morgan fingerprint density at radius 3 is 2.87 bits per heavy atom. The average molecular weight is 271 g/mol. The van der Waals surface area contributed by atoms with Crippen LogP contribution in [0.2, 0.25) is 10.0 Å². The van der Waals surface area contributed by atoms with Crippen LogP contribution in [-0.2, 0) is 20.2 Å². The van der Waals surface area contributed by atoms with E-state index in [9.17, 15) is 9.47 Å². The van der Waals surface area contributed by atoms with Crippen LogP contribution in [0.25, 0.3) is 0 Å². The van der Waals surface area contributed by atoms with Gasteiger partial charge in [-0.2, -0.15) is 4.21 Å². The molecular weight excluding hydrogens is 267 g/mol. The molecule has 6 nitrogen and oxygen atoms in total. The lowest BCUT2D eigenvalue weighted by Crippen LogP contribution is -2.04. The summed E-state index contributed by atoms with van der Waals surface area (Å²) in [5.41, 5.74) is 0.210. The van der Waals surface area contributed by atoms with Crippen molar-refractivity contribution in [1.82, 2.24) is 4.16 Å². The van der Waals surface area contributed by atoms with Crippen LogP contribution in [0.3, 0.4) is 0 Å². The fraction of sp³-hybridized carbons (Fsp3) is 0. The van der Waals surface area contributed by atoms with E-state index in [1.54, 1.807) is 6.07 Å². The molecule has 1 atom stereocenters. The van der Waals surface area contributed by atoms with Crippen molar-refractivity contribution in [2.45, 2.75) is 0 Å². The lowest BCUT2D eigenvalue weighted by molar-refractivity contribution is -0.777. The van der Waals surface area contributed by atoms with E-state index in [1.165, 1.54) is 12.1 Å². The second-order valence-electron chi connectivity index (χ2n) is 2.17. The monoisotopic (exact) mass is 270 g/mol. The van der Waals surface area contributed by atoms with Gasteiger partial charge >= 0.3 is 10.9 Å². The fourth-order valence-electron chi connectivity index (χ4n) is 0.688. The molecule has 0 amide bonds. The second-order valence-corrected chi connectivity index (χ2v) is 3.81. The Bertz CT molecular complexity index is 468. The summed E-state index contributed by atoms with van der Waals surface area (Å²) in [6, 6.07) is 4.46. The van der Waals surface area contributed by atoms with E-state index in [4.69, 9.17) is 23.2 Å². The minimum absolute atomic E-state index is 0.210. The van der Waals surface area contributed by atoms with Gasteiger partial charge in [-0.3, -0.25) is 5.04 Å². The third kappa shape index (κ3) is 4.15. The number of benzene rings is 1. The van der Waals surface area contributed by atoms with Gasteiger partial charge in [-0.25, -0.2) is 0 Å². The van der Waals surface area contributed by atoms with Gasteiger partial charge in [0.1, 0.15) is 5.11 Å². The molecule has 0 saturated carbocycles. The zero-order valence-corrected chi connectivity index (χ0v) is 9.37. The van der Waals surface area contributed by atoms with Gasteiger partial charge in [-0.05, 0) is 18.2 Å². The van der Waals surface area contributed by atoms with E-state index < -0.39 is 10.9 Å². The highest BCUT2D eigenvalue weighted by Gasteiger charge is 2.04. The normalized spacial score (nSPS) is 11.9. The fourth-order valence-corrected chi connectivity index (χ4v) is 1.26. The molecule has 0 aromatic heterocycles. The van der Waals surface area contributed by atoms with Crippen LogP contribution in [-0.4, -0.2) is 4.21 Å². The van der Waals surface area contributed by atoms with Crippen molar-refractivity contribution >= 4 is 39.8 Å². The van der Waals surface area contributed by atoms with Gasteiger partial charge in [0.15, 0.2) is 9.85 Å². The highest BCUT2D eigenvalue weighted by Crippen LogP contribution is 2.27. The van der Waals surface area contributed by atoms with E-state index in [0.717, 1.165) is 0 Å². The van der Waals surface area contributed by atoms with Gasteiger partial charge in [-0.1, -0.05) is 27.5 Å². The Kier molecular flexibility index (Phi) is 5.00. The van der Waals surface area contributed by atoms with Crippen molar-refractivity contribution in [3.8, 4) is 0 Å². The molecule has 1 aromatic carbocycles. The van der Waals surface area contributed by atoms with Crippen LogP contribution in [0.4, 0.5) is 5.69 Å². The van der Waals surface area contributed by atoms with E-state index in [2.05, 4.69) is 18.6 Å². The van der Waals surface area contributed by atoms with Crippen molar-refractivity contribution in [2.75, 3.05) is 0 Å². The summed E-state index contributed by atoms with van der Waals surface area (Å²) in [6.45, 7) is 0. The van der Waals surface area contributed by atoms with Crippen LogP contribution in [0.15, 0.2) is 23.3 Å². The quantitative estimate of drug-likeness (QED) is 0.291. The molecule has 0 aliphatic rings. The number of hydrogen-bond donors (Lipinski definition) is 1. The van der Waals surface area contributed by atoms with E-state index in [1.807, 2.05) is 0 Å². The SMILES string of the molecule is O=[SH](=[N+]=Nc1cc(Cl)ccc1Cl)OO[O-]. The molecule has 0 fully saturated rings. The average Bonchev–Trinajstić information content (AvgIpc) is 2.20. The molecule has 0 saturated heterocycles. The molecule has 82 valence electrons. The first-order valence-corrected chi connectivity index (χ1v) is 5.32. The van der Waals surface area contributed by atoms with Gasteiger partial charge in [0.2, 0.25) is 0 Å². The largest absolute Gasteiger partial charge is 0.691 e. The summed E-state index contributed by atoms with van der Waals surface area (Å²) >= 11 is 11.4. The predicted octanol–water partition coefficient (Wildman–Crippen LogP) is 0.947. The Morgan fingerprint density at radius 1 is 1.47 bits per heavy atom. The lowest BCUT2D eigenvalue weighted by Gasteiger charge is -1.92. The number of hydrogen-bond acceptors (Lipinski definition) is 5. The molecule has 1 unspecified atom stereocenters. The van der Waals surface area contributed by atoms with Gasteiger partial charge in [0.25, 0.3) is 0 Å². The Hall–Kier alpha value is -0.660. The number of nitrogens with zero attached hydrogens (tertiary/aromatic N) is 2. The Morgan fingerprint density at radius 2 is 2.20 bits per heavy atom. The van der Waals surface area contributed by atoms with E-state index >= 15 is 0 Å². The first kappa shape index (κ1) is 12.4. The highest BCUT2D eigenvalue weighted by atomic mass is 35.5. The van der Waals surface area contributed by atoms with Crippen molar-refractivity contribution in [2.24, 2.45) is 5.11 Å². The van der Waals surface area contributed by atoms with E-state index in [0.29, 0.717) is 5.02 Å². The zero-order valence-electron chi connectivity index (χ0n) is 6.96. The minimum atomic E-state index is -2.65. The summed E-state index contributed by atoms with van der Waals surface area (Å²) < 4.78 is 17.5. The molecule has 1 aromatic rings. The summed E-state index contributed by atoms with van der Waals surface area (Å²) in [5.74, 6) is 0. The van der Waals surface area contributed by atoms with Crippen molar-refractivity contribution in [3.05, 3.63) is 28.2 Å². The molecule has 0 spiro atoms. The highest BCUT2D eigenvalue weighted by molar-refractivity contribution is 7.68. The Balaban J connectivity index is 3.03. The summed E-state index contributed by atoms with van der Waals surface area (Å²) in [5, 5.41) is 16.4. The van der Waals surface area contributed by atoms with Crippen molar-refractivity contribution in [1.29, 1.82) is 0 Å². The molecule has 0 heterocycles. The maximum atomic E-state index is 10.7. The lowest BCUT2D eigenvalue weighted by atomic mass is 10.3. The third-order valence-corrected chi connectivity index (χ3v) is 2.21. The van der Waals surface area contributed by atoms with Crippen LogP contribution >= 0.6 is 23.2 Å². The van der Waals surface area contributed by atoms with E-state index in [-0.39, 0.29) is 10.7 Å². The van der Waals surface area contributed by atoms with Crippen LogP contribution in [0.5, 0.6) is 0 Å². The second kappa shape index (κ2) is 6.04. The maximum Gasteiger partial charge on any atom is 0.441 e. The van der Waals surface area contributed by atoms with Crippen molar-refractivity contribution in [3.63, 3.8) is 0 Å². The minimum Gasteiger partial charge on any atom is -0.691 e. The molecular formula is C6H4Cl2N2O4S. The molecule has 1 rings (SSSR count). The smallest absolute Gasteiger partial charge is 0.441 e. The first-order chi connectivity index (χ1) is 7.13. The van der Waals surface area contributed by atoms with Crippen LogP contribution < -0.4 is 9.42 Å². The van der Waals surface area contributed by atoms with Gasteiger partial charge < -0.3 is 5.26 Å².